The van der Waals surface area contributed by atoms with Crippen molar-refractivity contribution >= 4 is 40.0 Å². The second-order valence-corrected chi connectivity index (χ2v) is 5.58. The van der Waals surface area contributed by atoms with Gasteiger partial charge >= 0.3 is 0 Å². The number of hydrogen-bond acceptors (Lipinski definition) is 2. The lowest BCUT2D eigenvalue weighted by Crippen LogP contribution is -2.12. The standard InChI is InChI=1S/C17H11ClF2N2O2/c1-9(23)22-8-13(12-4-2-10(19)6-16(12)22)17(24)21-11-3-5-15(20)14(18)7-11/h2-8H,1H3,(H,21,24). The maximum atomic E-state index is 13.4. The van der Waals surface area contributed by atoms with Crippen LogP contribution in [0.4, 0.5) is 14.5 Å². The van der Waals surface area contributed by atoms with E-state index in [1.165, 1.54) is 48.0 Å². The monoisotopic (exact) mass is 348 g/mol. The minimum Gasteiger partial charge on any atom is -0.322 e. The summed E-state index contributed by atoms with van der Waals surface area (Å²) >= 11 is 5.68. The molecule has 0 unspecified atom stereocenters. The molecular formula is C17H11ClF2N2O2. The molecule has 0 aliphatic rings. The Kier molecular flexibility index (Phi) is 4.07. The van der Waals surface area contributed by atoms with E-state index in [0.717, 1.165) is 6.07 Å². The van der Waals surface area contributed by atoms with E-state index in [2.05, 4.69) is 5.32 Å². The van der Waals surface area contributed by atoms with Gasteiger partial charge in [-0.3, -0.25) is 14.2 Å². The van der Waals surface area contributed by atoms with Crippen LogP contribution in [0.3, 0.4) is 0 Å². The van der Waals surface area contributed by atoms with Crippen molar-refractivity contribution in [2.24, 2.45) is 0 Å². The van der Waals surface area contributed by atoms with E-state index in [1.54, 1.807) is 0 Å². The number of carbonyl (C=O) groups excluding carboxylic acids is 2. The van der Waals surface area contributed by atoms with Gasteiger partial charge in [0.2, 0.25) is 5.91 Å². The van der Waals surface area contributed by atoms with Crippen LogP contribution in [-0.4, -0.2) is 16.4 Å². The van der Waals surface area contributed by atoms with Crippen LogP contribution in [0.2, 0.25) is 5.02 Å². The molecule has 0 spiro atoms. The molecule has 2 aromatic carbocycles. The Bertz CT molecular complexity index is 982. The van der Waals surface area contributed by atoms with Crippen molar-refractivity contribution in [3.8, 4) is 0 Å². The first-order valence-corrected chi connectivity index (χ1v) is 7.32. The maximum absolute atomic E-state index is 13.4. The van der Waals surface area contributed by atoms with Crippen molar-refractivity contribution in [1.82, 2.24) is 4.57 Å². The van der Waals surface area contributed by atoms with Crippen LogP contribution < -0.4 is 5.32 Å². The van der Waals surface area contributed by atoms with Gasteiger partial charge in [-0.2, -0.15) is 0 Å². The van der Waals surface area contributed by atoms with Gasteiger partial charge in [0.15, 0.2) is 0 Å². The molecule has 1 aromatic heterocycles. The number of anilines is 1. The van der Waals surface area contributed by atoms with Gasteiger partial charge in [-0.05, 0) is 36.4 Å². The zero-order chi connectivity index (χ0) is 17.4. The van der Waals surface area contributed by atoms with Crippen molar-refractivity contribution in [2.75, 3.05) is 5.32 Å². The summed E-state index contributed by atoms with van der Waals surface area (Å²) in [6.07, 6.45) is 1.34. The molecule has 1 N–H and O–H groups in total. The van der Waals surface area contributed by atoms with E-state index in [0.29, 0.717) is 16.6 Å². The van der Waals surface area contributed by atoms with E-state index in [4.69, 9.17) is 11.6 Å². The summed E-state index contributed by atoms with van der Waals surface area (Å²) in [6.45, 7) is 1.31. The highest BCUT2D eigenvalue weighted by atomic mass is 35.5. The summed E-state index contributed by atoms with van der Waals surface area (Å²) in [4.78, 5) is 24.2. The highest BCUT2D eigenvalue weighted by Gasteiger charge is 2.18. The fraction of sp³-hybridized carbons (Fsp3) is 0.0588. The number of benzene rings is 2. The lowest BCUT2D eigenvalue weighted by atomic mass is 10.1. The van der Waals surface area contributed by atoms with Crippen LogP contribution in [0, 0.1) is 11.6 Å². The van der Waals surface area contributed by atoms with Gasteiger partial charge in [-0.1, -0.05) is 11.6 Å². The molecule has 0 aliphatic carbocycles. The largest absolute Gasteiger partial charge is 0.322 e. The molecular weight excluding hydrogens is 338 g/mol. The molecule has 7 heteroatoms. The number of rotatable bonds is 2. The SMILES string of the molecule is CC(=O)n1cc(C(=O)Nc2ccc(F)c(Cl)c2)c2ccc(F)cc21. The minimum atomic E-state index is -0.599. The van der Waals surface area contributed by atoms with Gasteiger partial charge in [0.1, 0.15) is 11.6 Å². The summed E-state index contributed by atoms with van der Waals surface area (Å²) < 4.78 is 27.8. The molecule has 0 atom stereocenters. The van der Waals surface area contributed by atoms with Crippen LogP contribution in [0.15, 0.2) is 42.6 Å². The number of nitrogens with one attached hydrogen (secondary N) is 1. The molecule has 4 nitrogen and oxygen atoms in total. The lowest BCUT2D eigenvalue weighted by molar-refractivity contribution is 0.0941. The number of aromatic nitrogens is 1. The van der Waals surface area contributed by atoms with Gasteiger partial charge in [0, 0.05) is 24.2 Å². The normalized spacial score (nSPS) is 10.8. The van der Waals surface area contributed by atoms with Crippen molar-refractivity contribution in [2.45, 2.75) is 6.92 Å². The third-order valence-electron chi connectivity index (χ3n) is 3.53. The van der Waals surface area contributed by atoms with Gasteiger partial charge in [-0.25, -0.2) is 8.78 Å². The number of amides is 1. The molecule has 0 aliphatic heterocycles. The molecule has 0 saturated carbocycles. The van der Waals surface area contributed by atoms with Gasteiger partial charge < -0.3 is 5.32 Å². The molecule has 122 valence electrons. The first kappa shape index (κ1) is 16.1. The fourth-order valence-electron chi connectivity index (χ4n) is 2.41. The average Bonchev–Trinajstić information content (AvgIpc) is 2.90. The highest BCUT2D eigenvalue weighted by molar-refractivity contribution is 6.31. The quantitative estimate of drug-likeness (QED) is 0.742. The number of nitrogens with zero attached hydrogens (tertiary/aromatic N) is 1. The highest BCUT2D eigenvalue weighted by Crippen LogP contribution is 2.25. The van der Waals surface area contributed by atoms with Crippen LogP contribution in [-0.2, 0) is 0 Å². The summed E-state index contributed by atoms with van der Waals surface area (Å²) in [5.41, 5.74) is 0.794. The first-order valence-electron chi connectivity index (χ1n) is 6.95. The Morgan fingerprint density at radius 2 is 1.88 bits per heavy atom. The van der Waals surface area contributed by atoms with Crippen molar-refractivity contribution in [3.05, 3.63) is 64.8 Å². The van der Waals surface area contributed by atoms with Gasteiger partial charge in [0.25, 0.3) is 5.91 Å². The summed E-state index contributed by atoms with van der Waals surface area (Å²) in [6, 6.07) is 7.59. The average molecular weight is 349 g/mol. The molecule has 24 heavy (non-hydrogen) atoms. The maximum Gasteiger partial charge on any atom is 0.257 e. The first-order chi connectivity index (χ1) is 11.4. The van der Waals surface area contributed by atoms with E-state index in [-0.39, 0.29) is 16.5 Å². The molecule has 0 fully saturated rings. The summed E-state index contributed by atoms with van der Waals surface area (Å²) in [5, 5.41) is 2.88. The van der Waals surface area contributed by atoms with Gasteiger partial charge in [0.05, 0.1) is 16.1 Å². The zero-order valence-corrected chi connectivity index (χ0v) is 13.2. The second-order valence-electron chi connectivity index (χ2n) is 5.18. The molecule has 3 rings (SSSR count). The zero-order valence-electron chi connectivity index (χ0n) is 12.4. The predicted molar refractivity (Wildman–Crippen MR) is 87.6 cm³/mol. The van der Waals surface area contributed by atoms with Crippen molar-refractivity contribution < 1.29 is 18.4 Å². The fourth-order valence-corrected chi connectivity index (χ4v) is 2.59. The molecule has 0 radical (unpaired) electrons. The van der Waals surface area contributed by atoms with Crippen molar-refractivity contribution in [3.63, 3.8) is 0 Å². The number of fused-ring (bicyclic) bond motifs is 1. The Morgan fingerprint density at radius 3 is 2.54 bits per heavy atom. The van der Waals surface area contributed by atoms with E-state index in [1.807, 2.05) is 0 Å². The van der Waals surface area contributed by atoms with E-state index >= 15 is 0 Å². The predicted octanol–water partition coefficient (Wildman–Crippen LogP) is 4.49. The topological polar surface area (TPSA) is 51.1 Å². The Morgan fingerprint density at radius 1 is 1.12 bits per heavy atom. The molecule has 0 bridgehead atoms. The lowest BCUT2D eigenvalue weighted by Gasteiger charge is -2.05. The summed E-state index contributed by atoms with van der Waals surface area (Å²) in [5.74, 6) is -1.98. The Hall–Kier alpha value is -2.73. The second kappa shape index (κ2) is 6.05. The number of carbonyl (C=O) groups is 2. The summed E-state index contributed by atoms with van der Waals surface area (Å²) in [7, 11) is 0. The van der Waals surface area contributed by atoms with Crippen molar-refractivity contribution in [1.29, 1.82) is 0 Å². The van der Waals surface area contributed by atoms with Gasteiger partial charge in [-0.15, -0.1) is 0 Å². The van der Waals surface area contributed by atoms with Crippen LogP contribution in [0.1, 0.15) is 22.1 Å². The molecule has 1 heterocycles. The Labute approximate surface area is 140 Å². The molecule has 0 saturated heterocycles. The third-order valence-corrected chi connectivity index (χ3v) is 3.82. The number of halogens is 3. The third kappa shape index (κ3) is 2.88. The minimum absolute atomic E-state index is 0.124. The van der Waals surface area contributed by atoms with E-state index < -0.39 is 17.5 Å². The molecule has 3 aromatic rings. The number of hydrogen-bond donors (Lipinski definition) is 1. The smallest absolute Gasteiger partial charge is 0.257 e. The van der Waals surface area contributed by atoms with Crippen LogP contribution >= 0.6 is 11.6 Å². The molecule has 1 amide bonds. The Balaban J connectivity index is 2.03. The van der Waals surface area contributed by atoms with E-state index in [9.17, 15) is 18.4 Å². The van der Waals surface area contributed by atoms with Crippen LogP contribution in [0.5, 0.6) is 0 Å². The van der Waals surface area contributed by atoms with Crippen LogP contribution in [0.25, 0.3) is 10.9 Å².